The summed E-state index contributed by atoms with van der Waals surface area (Å²) in [5.74, 6) is 1.17. The first-order chi connectivity index (χ1) is 10.8. The maximum absolute atomic E-state index is 6.61. The quantitative estimate of drug-likeness (QED) is 0.786. The monoisotopic (exact) mass is 310 g/mol. The zero-order chi connectivity index (χ0) is 17.0. The summed E-state index contributed by atoms with van der Waals surface area (Å²) in [7, 11) is 0. The molecule has 4 N–H and O–H groups in total. The highest BCUT2D eigenvalue weighted by Crippen LogP contribution is 2.30. The van der Waals surface area contributed by atoms with E-state index in [4.69, 9.17) is 11.5 Å². The Balaban J connectivity index is 2.56. The standard InChI is InChI=1S/C21H30N2/c1-15(2)13-17-9-8-12-20(19(17)14-16(3)4)21(22,23)18-10-6-5-7-11-18/h5-12,15-16H,13-14,22-23H2,1-4H3. The molecule has 0 radical (unpaired) electrons. The lowest BCUT2D eigenvalue weighted by Gasteiger charge is -2.30. The molecule has 0 aliphatic heterocycles. The first-order valence-corrected chi connectivity index (χ1v) is 8.57. The van der Waals surface area contributed by atoms with Gasteiger partial charge in [0.1, 0.15) is 5.66 Å². The third kappa shape index (κ3) is 4.21. The van der Waals surface area contributed by atoms with Crippen molar-refractivity contribution in [2.24, 2.45) is 23.3 Å². The van der Waals surface area contributed by atoms with Gasteiger partial charge in [0.25, 0.3) is 0 Å². The minimum Gasteiger partial charge on any atom is -0.306 e. The van der Waals surface area contributed by atoms with E-state index in [1.54, 1.807) is 0 Å². The fourth-order valence-electron chi connectivity index (χ4n) is 3.17. The largest absolute Gasteiger partial charge is 0.306 e. The van der Waals surface area contributed by atoms with E-state index in [1.807, 2.05) is 30.3 Å². The van der Waals surface area contributed by atoms with Gasteiger partial charge in [0.15, 0.2) is 0 Å². The molecule has 0 aliphatic rings. The van der Waals surface area contributed by atoms with E-state index in [-0.39, 0.29) is 0 Å². The van der Waals surface area contributed by atoms with Crippen LogP contribution in [0.3, 0.4) is 0 Å². The molecule has 0 saturated carbocycles. The van der Waals surface area contributed by atoms with Crippen LogP contribution in [-0.4, -0.2) is 0 Å². The first-order valence-electron chi connectivity index (χ1n) is 8.57. The lowest BCUT2D eigenvalue weighted by Crippen LogP contribution is -2.48. The van der Waals surface area contributed by atoms with Crippen LogP contribution in [0.15, 0.2) is 48.5 Å². The molecule has 0 unspecified atom stereocenters. The van der Waals surface area contributed by atoms with Gasteiger partial charge in [-0.05, 0) is 46.9 Å². The highest BCUT2D eigenvalue weighted by Gasteiger charge is 2.28. The molecule has 0 atom stereocenters. The molecule has 23 heavy (non-hydrogen) atoms. The number of hydrogen-bond donors (Lipinski definition) is 2. The Morgan fingerprint density at radius 1 is 0.783 bits per heavy atom. The normalized spacial score (nSPS) is 12.2. The van der Waals surface area contributed by atoms with Crippen LogP contribution in [0.25, 0.3) is 0 Å². The van der Waals surface area contributed by atoms with E-state index in [1.165, 1.54) is 11.1 Å². The van der Waals surface area contributed by atoms with Crippen LogP contribution in [0, 0.1) is 11.8 Å². The zero-order valence-electron chi connectivity index (χ0n) is 14.8. The van der Waals surface area contributed by atoms with Crippen molar-refractivity contribution in [2.45, 2.75) is 46.2 Å². The minimum absolute atomic E-state index is 0.564. The van der Waals surface area contributed by atoms with Crippen LogP contribution in [0.4, 0.5) is 0 Å². The van der Waals surface area contributed by atoms with Crippen molar-refractivity contribution in [3.8, 4) is 0 Å². The van der Waals surface area contributed by atoms with E-state index < -0.39 is 5.66 Å². The average molecular weight is 310 g/mol. The number of nitrogens with two attached hydrogens (primary N) is 2. The van der Waals surface area contributed by atoms with E-state index in [2.05, 4.69) is 45.9 Å². The summed E-state index contributed by atoms with van der Waals surface area (Å²) < 4.78 is 0. The summed E-state index contributed by atoms with van der Waals surface area (Å²) >= 11 is 0. The van der Waals surface area contributed by atoms with Crippen molar-refractivity contribution in [1.82, 2.24) is 0 Å². The molecule has 2 aromatic carbocycles. The summed E-state index contributed by atoms with van der Waals surface area (Å²) in [6.45, 7) is 8.99. The second-order valence-corrected chi connectivity index (χ2v) is 7.37. The van der Waals surface area contributed by atoms with E-state index in [0.29, 0.717) is 11.8 Å². The van der Waals surface area contributed by atoms with Crippen molar-refractivity contribution in [1.29, 1.82) is 0 Å². The first kappa shape index (κ1) is 17.7. The Labute approximate surface area is 140 Å². The second-order valence-electron chi connectivity index (χ2n) is 7.37. The molecular weight excluding hydrogens is 280 g/mol. The number of benzene rings is 2. The van der Waals surface area contributed by atoms with Crippen LogP contribution in [0.2, 0.25) is 0 Å². The van der Waals surface area contributed by atoms with Gasteiger partial charge in [-0.2, -0.15) is 0 Å². The Hall–Kier alpha value is -1.64. The molecule has 0 fully saturated rings. The van der Waals surface area contributed by atoms with Gasteiger partial charge in [0, 0.05) is 0 Å². The van der Waals surface area contributed by atoms with Crippen molar-refractivity contribution < 1.29 is 0 Å². The highest BCUT2D eigenvalue weighted by molar-refractivity contribution is 5.45. The average Bonchev–Trinajstić information content (AvgIpc) is 2.48. The Morgan fingerprint density at radius 2 is 1.39 bits per heavy atom. The van der Waals surface area contributed by atoms with E-state index in [0.717, 1.165) is 24.0 Å². The van der Waals surface area contributed by atoms with Gasteiger partial charge in [0.2, 0.25) is 0 Å². The SMILES string of the molecule is CC(C)Cc1cccc(C(N)(N)c2ccccc2)c1CC(C)C. The van der Waals surface area contributed by atoms with Gasteiger partial charge in [-0.15, -0.1) is 0 Å². The lowest BCUT2D eigenvalue weighted by atomic mass is 9.82. The Kier molecular flexibility index (Phi) is 5.61. The van der Waals surface area contributed by atoms with Crippen LogP contribution in [0.5, 0.6) is 0 Å². The summed E-state index contributed by atoms with van der Waals surface area (Å²) in [5, 5.41) is 0. The summed E-state index contributed by atoms with van der Waals surface area (Å²) in [6.07, 6.45) is 2.06. The Morgan fingerprint density at radius 3 is 1.96 bits per heavy atom. The van der Waals surface area contributed by atoms with Crippen molar-refractivity contribution >= 4 is 0 Å². The van der Waals surface area contributed by atoms with Crippen LogP contribution >= 0.6 is 0 Å². The molecule has 0 heterocycles. The molecule has 0 amide bonds. The highest BCUT2D eigenvalue weighted by atomic mass is 15.0. The van der Waals surface area contributed by atoms with Gasteiger partial charge in [-0.3, -0.25) is 0 Å². The Bertz CT molecular complexity index is 628. The lowest BCUT2D eigenvalue weighted by molar-refractivity contribution is 0.542. The molecule has 2 nitrogen and oxygen atoms in total. The topological polar surface area (TPSA) is 52.0 Å². The van der Waals surface area contributed by atoms with Gasteiger partial charge in [-0.25, -0.2) is 0 Å². The number of rotatable bonds is 6. The van der Waals surface area contributed by atoms with Gasteiger partial charge < -0.3 is 11.5 Å². The van der Waals surface area contributed by atoms with Crippen molar-refractivity contribution in [3.63, 3.8) is 0 Å². The molecule has 0 aliphatic carbocycles. The molecule has 2 aromatic rings. The van der Waals surface area contributed by atoms with E-state index >= 15 is 0 Å². The summed E-state index contributed by atoms with van der Waals surface area (Å²) in [5.41, 5.74) is 17.0. The van der Waals surface area contributed by atoms with Crippen molar-refractivity contribution in [2.75, 3.05) is 0 Å². The van der Waals surface area contributed by atoms with Gasteiger partial charge in [-0.1, -0.05) is 76.2 Å². The fourth-order valence-corrected chi connectivity index (χ4v) is 3.17. The van der Waals surface area contributed by atoms with Gasteiger partial charge in [0.05, 0.1) is 0 Å². The van der Waals surface area contributed by atoms with Crippen LogP contribution in [0.1, 0.15) is 49.9 Å². The molecule has 0 aromatic heterocycles. The molecule has 2 rings (SSSR count). The smallest absolute Gasteiger partial charge is 0.117 e. The van der Waals surface area contributed by atoms with Gasteiger partial charge >= 0.3 is 0 Å². The maximum Gasteiger partial charge on any atom is 0.117 e. The van der Waals surface area contributed by atoms with Crippen LogP contribution in [-0.2, 0) is 18.5 Å². The van der Waals surface area contributed by atoms with E-state index in [9.17, 15) is 0 Å². The fraction of sp³-hybridized carbons (Fsp3) is 0.429. The third-order valence-electron chi connectivity index (χ3n) is 4.21. The summed E-state index contributed by atoms with van der Waals surface area (Å²) in [6, 6.07) is 16.4. The predicted octanol–water partition coefficient (Wildman–Crippen LogP) is 4.20. The maximum atomic E-state index is 6.61. The zero-order valence-corrected chi connectivity index (χ0v) is 14.8. The molecule has 124 valence electrons. The van der Waals surface area contributed by atoms with Crippen molar-refractivity contribution in [3.05, 3.63) is 70.8 Å². The number of hydrogen-bond acceptors (Lipinski definition) is 2. The molecule has 0 spiro atoms. The molecule has 2 heteroatoms. The second kappa shape index (κ2) is 7.29. The molecule has 0 saturated heterocycles. The predicted molar refractivity (Wildman–Crippen MR) is 99.1 cm³/mol. The van der Waals surface area contributed by atoms with Crippen LogP contribution < -0.4 is 11.5 Å². The minimum atomic E-state index is -0.960. The summed E-state index contributed by atoms with van der Waals surface area (Å²) in [4.78, 5) is 0. The third-order valence-corrected chi connectivity index (χ3v) is 4.21. The molecule has 0 bridgehead atoms. The molecular formula is C21H30N2.